The van der Waals surface area contributed by atoms with Crippen LogP contribution in [0.15, 0.2) is 72.8 Å². The quantitative estimate of drug-likeness (QED) is 0.0971. The Morgan fingerprint density at radius 1 is 0.468 bits per heavy atom. The fourth-order valence-corrected chi connectivity index (χ4v) is 9.09. The fraction of sp³-hybridized carbons (Fsp3) is 0.415. The zero-order chi connectivity index (χ0) is 32.1. The van der Waals surface area contributed by atoms with Gasteiger partial charge in [0.05, 0.1) is 23.5 Å². The number of hydrogen-bond acceptors (Lipinski definition) is 6. The van der Waals surface area contributed by atoms with E-state index in [2.05, 4.69) is 95.4 Å². The van der Waals surface area contributed by atoms with Crippen molar-refractivity contribution in [3.05, 3.63) is 83.9 Å². The first-order valence-corrected chi connectivity index (χ1v) is 19.4. The standard InChI is InChI=1S/C41H46N4S2/c1-3-5-7-9-11-13-25-41(26-14-12-10-8-6-4-2)35-27-29(31-17-15-19-37-39(31)44-46-42-37)21-23-33(35)34-24-22-30(28-36(34)41)32-18-16-20-38-40(32)45-47-43-38/h15-24,27-28H,3-14,25-26H2,1-2H3. The summed E-state index contributed by atoms with van der Waals surface area (Å²) in [6.07, 6.45) is 18.1. The first-order chi connectivity index (χ1) is 23.2. The van der Waals surface area contributed by atoms with Gasteiger partial charge in [-0.2, -0.15) is 17.5 Å². The Balaban J connectivity index is 1.34. The predicted octanol–water partition coefficient (Wildman–Crippen LogP) is 12.8. The number of hydrogen-bond donors (Lipinski definition) is 0. The molecule has 6 aromatic rings. The van der Waals surface area contributed by atoms with Crippen LogP contribution in [-0.2, 0) is 5.41 Å². The van der Waals surface area contributed by atoms with Gasteiger partial charge in [-0.25, -0.2) is 0 Å². The van der Waals surface area contributed by atoms with Crippen LogP contribution in [0.2, 0.25) is 0 Å². The molecule has 1 aliphatic carbocycles. The molecule has 0 spiro atoms. The van der Waals surface area contributed by atoms with Crippen LogP contribution in [0.1, 0.15) is 115 Å². The summed E-state index contributed by atoms with van der Waals surface area (Å²) in [7, 11) is 0. The van der Waals surface area contributed by atoms with Crippen LogP contribution in [0, 0.1) is 0 Å². The van der Waals surface area contributed by atoms with Crippen LogP contribution in [0.4, 0.5) is 0 Å². The third kappa shape index (κ3) is 6.39. The van der Waals surface area contributed by atoms with Crippen molar-refractivity contribution in [2.24, 2.45) is 0 Å². The number of unbranched alkanes of at least 4 members (excludes halogenated alkanes) is 10. The molecule has 0 N–H and O–H groups in total. The Morgan fingerprint density at radius 3 is 1.38 bits per heavy atom. The maximum atomic E-state index is 4.72. The molecule has 0 aliphatic heterocycles. The first kappa shape index (κ1) is 32.1. The molecule has 242 valence electrons. The Hall–Kier alpha value is -3.48. The van der Waals surface area contributed by atoms with E-state index in [1.165, 1.54) is 158 Å². The molecule has 0 atom stereocenters. The van der Waals surface area contributed by atoms with Gasteiger partial charge in [0.15, 0.2) is 0 Å². The Kier molecular flexibility index (Phi) is 10.1. The highest BCUT2D eigenvalue weighted by atomic mass is 32.1. The normalized spacial score (nSPS) is 13.4. The summed E-state index contributed by atoms with van der Waals surface area (Å²) in [4.78, 5) is 0. The van der Waals surface area contributed by atoms with Gasteiger partial charge in [-0.05, 0) is 70.5 Å². The average Bonchev–Trinajstić information content (AvgIpc) is 3.85. The lowest BCUT2D eigenvalue weighted by Gasteiger charge is -2.33. The lowest BCUT2D eigenvalue weighted by Crippen LogP contribution is -2.25. The molecule has 0 fully saturated rings. The minimum absolute atomic E-state index is 0.0192. The Labute approximate surface area is 288 Å². The average molecular weight is 659 g/mol. The van der Waals surface area contributed by atoms with Crippen molar-refractivity contribution in [3.63, 3.8) is 0 Å². The minimum atomic E-state index is -0.0192. The van der Waals surface area contributed by atoms with Crippen molar-refractivity contribution >= 4 is 45.5 Å². The van der Waals surface area contributed by atoms with Crippen LogP contribution in [0.25, 0.3) is 55.4 Å². The smallest absolute Gasteiger partial charge is 0.112 e. The molecule has 0 saturated carbocycles. The van der Waals surface area contributed by atoms with Crippen LogP contribution in [0.3, 0.4) is 0 Å². The molecule has 0 bridgehead atoms. The highest BCUT2D eigenvalue weighted by Gasteiger charge is 2.42. The van der Waals surface area contributed by atoms with Crippen molar-refractivity contribution < 1.29 is 0 Å². The van der Waals surface area contributed by atoms with Crippen LogP contribution >= 0.6 is 23.5 Å². The highest BCUT2D eigenvalue weighted by Crippen LogP contribution is 2.56. The van der Waals surface area contributed by atoms with Crippen molar-refractivity contribution in [2.45, 2.75) is 109 Å². The van der Waals surface area contributed by atoms with Gasteiger partial charge in [-0.15, -0.1) is 0 Å². The van der Waals surface area contributed by atoms with E-state index in [0.717, 1.165) is 22.1 Å². The lowest BCUT2D eigenvalue weighted by atomic mass is 9.70. The molecule has 6 heteroatoms. The number of rotatable bonds is 16. The summed E-state index contributed by atoms with van der Waals surface area (Å²) in [6, 6.07) is 27.3. The maximum Gasteiger partial charge on any atom is 0.112 e. The number of nitrogens with zero attached hydrogens (tertiary/aromatic N) is 4. The summed E-state index contributed by atoms with van der Waals surface area (Å²) in [6.45, 7) is 4.61. The van der Waals surface area contributed by atoms with Crippen molar-refractivity contribution in [2.75, 3.05) is 0 Å². The molecule has 2 aromatic heterocycles. The molecular weight excluding hydrogens is 613 g/mol. The Morgan fingerprint density at radius 2 is 0.915 bits per heavy atom. The molecule has 0 amide bonds. The molecule has 4 nitrogen and oxygen atoms in total. The molecule has 4 aromatic carbocycles. The van der Waals surface area contributed by atoms with Gasteiger partial charge >= 0.3 is 0 Å². The van der Waals surface area contributed by atoms with E-state index >= 15 is 0 Å². The van der Waals surface area contributed by atoms with Crippen molar-refractivity contribution in [1.82, 2.24) is 17.5 Å². The van der Waals surface area contributed by atoms with E-state index in [1.54, 1.807) is 0 Å². The molecule has 7 rings (SSSR count). The van der Waals surface area contributed by atoms with Crippen LogP contribution in [-0.4, -0.2) is 17.5 Å². The van der Waals surface area contributed by atoms with Gasteiger partial charge in [-0.3, -0.25) is 0 Å². The van der Waals surface area contributed by atoms with Crippen molar-refractivity contribution in [3.8, 4) is 33.4 Å². The lowest BCUT2D eigenvalue weighted by molar-refractivity contribution is 0.398. The molecule has 2 heterocycles. The predicted molar refractivity (Wildman–Crippen MR) is 201 cm³/mol. The third-order valence-corrected chi connectivity index (χ3v) is 11.6. The van der Waals surface area contributed by atoms with Crippen molar-refractivity contribution in [1.29, 1.82) is 0 Å². The largest absolute Gasteiger partial charge is 0.173 e. The van der Waals surface area contributed by atoms with E-state index < -0.39 is 0 Å². The Bertz CT molecular complexity index is 1810. The number of benzene rings is 4. The van der Waals surface area contributed by atoms with E-state index in [0.29, 0.717) is 0 Å². The SMILES string of the molecule is CCCCCCCCC1(CCCCCCCC)c2cc(-c3cccc4nsnc34)ccc2-c2ccc(-c3cccc4nsnc34)cc21. The molecule has 0 radical (unpaired) electrons. The molecule has 0 unspecified atom stereocenters. The van der Waals surface area contributed by atoms with E-state index in [9.17, 15) is 0 Å². The third-order valence-electron chi connectivity index (χ3n) is 10.5. The summed E-state index contributed by atoms with van der Waals surface area (Å²) < 4.78 is 18.6. The first-order valence-electron chi connectivity index (χ1n) is 18.0. The minimum Gasteiger partial charge on any atom is -0.173 e. The highest BCUT2D eigenvalue weighted by molar-refractivity contribution is 7.00. The molecule has 1 aliphatic rings. The summed E-state index contributed by atoms with van der Waals surface area (Å²) in [5, 5.41) is 0. The van der Waals surface area contributed by atoms with Gasteiger partial charge in [-0.1, -0.05) is 139 Å². The number of aromatic nitrogens is 4. The topological polar surface area (TPSA) is 51.6 Å². The van der Waals surface area contributed by atoms with Crippen LogP contribution in [0.5, 0.6) is 0 Å². The van der Waals surface area contributed by atoms with Gasteiger partial charge in [0.25, 0.3) is 0 Å². The van der Waals surface area contributed by atoms with Gasteiger partial charge in [0, 0.05) is 16.5 Å². The fourth-order valence-electron chi connectivity index (χ4n) is 7.99. The second-order valence-electron chi connectivity index (χ2n) is 13.5. The monoisotopic (exact) mass is 658 g/mol. The zero-order valence-corrected chi connectivity index (χ0v) is 29.6. The van der Waals surface area contributed by atoms with Gasteiger partial charge < -0.3 is 0 Å². The summed E-state index contributed by atoms with van der Waals surface area (Å²) >= 11 is 2.61. The molecular formula is C41H46N4S2. The molecule has 47 heavy (non-hydrogen) atoms. The van der Waals surface area contributed by atoms with E-state index in [4.69, 9.17) is 8.75 Å². The maximum absolute atomic E-state index is 4.72. The van der Waals surface area contributed by atoms with Crippen LogP contribution < -0.4 is 0 Å². The van der Waals surface area contributed by atoms with E-state index in [-0.39, 0.29) is 5.41 Å². The second kappa shape index (κ2) is 14.7. The van der Waals surface area contributed by atoms with E-state index in [1.807, 2.05) is 0 Å². The summed E-state index contributed by atoms with van der Waals surface area (Å²) in [5.41, 5.74) is 14.7. The van der Waals surface area contributed by atoms with Gasteiger partial charge in [0.2, 0.25) is 0 Å². The molecule has 0 saturated heterocycles. The zero-order valence-electron chi connectivity index (χ0n) is 27.9. The summed E-state index contributed by atoms with van der Waals surface area (Å²) in [5.74, 6) is 0. The second-order valence-corrected chi connectivity index (χ2v) is 14.6. The van der Waals surface area contributed by atoms with Gasteiger partial charge in [0.1, 0.15) is 22.1 Å². The number of fused-ring (bicyclic) bond motifs is 5.